The quantitative estimate of drug-likeness (QED) is 0.602. The van der Waals surface area contributed by atoms with E-state index in [1.54, 1.807) is 10.7 Å². The maximum atomic E-state index is 12.4. The molecule has 0 fully saturated rings. The van der Waals surface area contributed by atoms with Gasteiger partial charge in [0.1, 0.15) is 5.69 Å². The number of hydrogen-bond donors (Lipinski definition) is 2. The topological polar surface area (TPSA) is 62.7 Å². The van der Waals surface area contributed by atoms with Gasteiger partial charge in [-0.2, -0.15) is 5.10 Å². The molecule has 5 nitrogen and oxygen atoms in total. The normalized spacial score (nSPS) is 10.9. The second-order valence-electron chi connectivity index (χ2n) is 5.71. The van der Waals surface area contributed by atoms with E-state index in [4.69, 9.17) is 0 Å². The van der Waals surface area contributed by atoms with Gasteiger partial charge in [-0.25, -0.2) is 4.68 Å². The Bertz CT molecular complexity index is 1010. The molecule has 24 heavy (non-hydrogen) atoms. The summed E-state index contributed by atoms with van der Waals surface area (Å²) < 4.78 is 1.73. The molecule has 0 saturated heterocycles. The van der Waals surface area contributed by atoms with Crippen LogP contribution < -0.4 is 5.32 Å². The molecule has 0 aliphatic heterocycles. The highest BCUT2D eigenvalue weighted by Crippen LogP contribution is 2.18. The minimum absolute atomic E-state index is 0.206. The first-order valence-electron chi connectivity index (χ1n) is 7.71. The highest BCUT2D eigenvalue weighted by Gasteiger charge is 2.11. The lowest BCUT2D eigenvalue weighted by molar-refractivity contribution is 0.102. The highest BCUT2D eigenvalue weighted by molar-refractivity contribution is 6.05. The molecule has 0 bridgehead atoms. The van der Waals surface area contributed by atoms with Crippen LogP contribution in [0.25, 0.3) is 16.6 Å². The van der Waals surface area contributed by atoms with Gasteiger partial charge in [0.2, 0.25) is 0 Å². The van der Waals surface area contributed by atoms with Gasteiger partial charge in [0.15, 0.2) is 5.82 Å². The summed E-state index contributed by atoms with van der Waals surface area (Å²) in [6.45, 7) is 2.02. The van der Waals surface area contributed by atoms with E-state index in [1.165, 1.54) is 0 Å². The molecular formula is C19H16N4O. The molecule has 0 radical (unpaired) electrons. The van der Waals surface area contributed by atoms with Crippen molar-refractivity contribution in [2.75, 3.05) is 5.32 Å². The molecule has 4 aromatic rings. The molecule has 2 aromatic carbocycles. The fourth-order valence-electron chi connectivity index (χ4n) is 2.66. The Morgan fingerprint density at radius 1 is 1.08 bits per heavy atom. The molecule has 2 heterocycles. The molecule has 4 rings (SSSR count). The fraction of sp³-hybridized carbons (Fsp3) is 0.0526. The van der Waals surface area contributed by atoms with Crippen LogP contribution in [0.1, 0.15) is 16.1 Å². The number of aryl methyl sites for hydroxylation is 1. The Kier molecular flexibility index (Phi) is 3.39. The molecule has 0 aliphatic carbocycles. The van der Waals surface area contributed by atoms with Crippen LogP contribution in [-0.2, 0) is 0 Å². The van der Waals surface area contributed by atoms with Crippen molar-refractivity contribution in [1.82, 2.24) is 14.8 Å². The van der Waals surface area contributed by atoms with Gasteiger partial charge in [-0.05, 0) is 36.8 Å². The van der Waals surface area contributed by atoms with Gasteiger partial charge in [0, 0.05) is 23.2 Å². The third-order valence-electron chi connectivity index (χ3n) is 3.87. The minimum Gasteiger partial charge on any atom is -0.351 e. The zero-order valence-corrected chi connectivity index (χ0v) is 13.2. The lowest BCUT2D eigenvalue weighted by atomic mass is 10.2. The number of amides is 1. The Morgan fingerprint density at radius 3 is 2.75 bits per heavy atom. The monoisotopic (exact) mass is 316 g/mol. The van der Waals surface area contributed by atoms with Crippen LogP contribution in [-0.4, -0.2) is 20.7 Å². The van der Waals surface area contributed by atoms with Crippen molar-refractivity contribution in [2.24, 2.45) is 0 Å². The van der Waals surface area contributed by atoms with Crippen LogP contribution in [0.2, 0.25) is 0 Å². The molecule has 118 valence electrons. The molecule has 0 aliphatic rings. The summed E-state index contributed by atoms with van der Waals surface area (Å²) in [6.07, 6.45) is 1.82. The fourth-order valence-corrected chi connectivity index (χ4v) is 2.66. The Hall–Kier alpha value is -3.34. The average Bonchev–Trinajstić information content (AvgIpc) is 3.22. The van der Waals surface area contributed by atoms with Crippen molar-refractivity contribution >= 4 is 22.6 Å². The van der Waals surface area contributed by atoms with E-state index >= 15 is 0 Å². The molecule has 2 aromatic heterocycles. The summed E-state index contributed by atoms with van der Waals surface area (Å²) in [4.78, 5) is 15.6. The molecular weight excluding hydrogens is 300 g/mol. The smallest absolute Gasteiger partial charge is 0.273 e. The molecule has 0 spiro atoms. The summed E-state index contributed by atoms with van der Waals surface area (Å²) in [7, 11) is 0. The van der Waals surface area contributed by atoms with E-state index in [0.717, 1.165) is 22.2 Å². The maximum Gasteiger partial charge on any atom is 0.273 e. The third kappa shape index (κ3) is 2.67. The highest BCUT2D eigenvalue weighted by atomic mass is 16.2. The number of carbonyl (C=O) groups is 1. The second kappa shape index (κ2) is 5.70. The number of fused-ring (bicyclic) bond motifs is 1. The molecule has 1 amide bonds. The van der Waals surface area contributed by atoms with Crippen LogP contribution >= 0.6 is 0 Å². The van der Waals surface area contributed by atoms with Crippen molar-refractivity contribution in [3.8, 4) is 5.69 Å². The third-order valence-corrected chi connectivity index (χ3v) is 3.87. The number of rotatable bonds is 3. The van der Waals surface area contributed by atoms with Gasteiger partial charge in [-0.1, -0.05) is 30.3 Å². The molecule has 0 atom stereocenters. The van der Waals surface area contributed by atoms with E-state index in [2.05, 4.69) is 15.4 Å². The van der Waals surface area contributed by atoms with Gasteiger partial charge in [-0.3, -0.25) is 4.79 Å². The van der Waals surface area contributed by atoms with Crippen LogP contribution in [0.4, 0.5) is 5.82 Å². The summed E-state index contributed by atoms with van der Waals surface area (Å²) in [6, 6.07) is 19.4. The maximum absolute atomic E-state index is 12.4. The van der Waals surface area contributed by atoms with Gasteiger partial charge < -0.3 is 10.3 Å². The zero-order chi connectivity index (χ0) is 16.5. The number of hydrogen-bond acceptors (Lipinski definition) is 2. The van der Waals surface area contributed by atoms with Gasteiger partial charge in [0.25, 0.3) is 5.91 Å². The summed E-state index contributed by atoms with van der Waals surface area (Å²) in [5.74, 6) is 0.306. The van der Waals surface area contributed by atoms with E-state index in [9.17, 15) is 4.79 Å². The number of para-hydroxylation sites is 1. The Balaban J connectivity index is 1.56. The summed E-state index contributed by atoms with van der Waals surface area (Å²) in [5, 5.41) is 8.22. The number of nitrogens with zero attached hydrogens (tertiary/aromatic N) is 2. The van der Waals surface area contributed by atoms with Crippen molar-refractivity contribution in [2.45, 2.75) is 6.92 Å². The van der Waals surface area contributed by atoms with Gasteiger partial charge in [-0.15, -0.1) is 0 Å². The molecule has 0 saturated carbocycles. The number of carbonyl (C=O) groups excluding carboxylic acids is 1. The first-order valence-corrected chi connectivity index (χ1v) is 7.71. The summed E-state index contributed by atoms with van der Waals surface area (Å²) in [5.41, 5.74) is 3.57. The number of H-pyrrole nitrogens is 1. The van der Waals surface area contributed by atoms with Gasteiger partial charge >= 0.3 is 0 Å². The van der Waals surface area contributed by atoms with Crippen molar-refractivity contribution < 1.29 is 4.79 Å². The number of nitrogens with one attached hydrogen (secondary N) is 2. The predicted molar refractivity (Wildman–Crippen MR) is 94.6 cm³/mol. The number of anilines is 1. The second-order valence-corrected chi connectivity index (χ2v) is 5.71. The number of aromatic nitrogens is 3. The standard InChI is InChI=1S/C19H16N4O/c1-13-7-8-14-12-17(20-16(14)11-13)19(24)21-18-9-10-23(22-18)15-5-3-2-4-6-15/h2-12,20H,1H3,(H,21,22,24). The van der Waals surface area contributed by atoms with Crippen molar-refractivity contribution in [3.63, 3.8) is 0 Å². The first kappa shape index (κ1) is 14.3. The molecule has 2 N–H and O–H groups in total. The Labute approximate surface area is 138 Å². The van der Waals surface area contributed by atoms with E-state index in [1.807, 2.05) is 67.7 Å². The lowest BCUT2D eigenvalue weighted by Gasteiger charge is -2.01. The molecule has 5 heteroatoms. The SMILES string of the molecule is Cc1ccc2cc(C(=O)Nc3ccn(-c4ccccc4)n3)[nH]c2c1. The van der Waals surface area contributed by atoms with Crippen LogP contribution in [0.3, 0.4) is 0 Å². The van der Waals surface area contributed by atoms with Crippen LogP contribution in [0.15, 0.2) is 66.9 Å². The predicted octanol–water partition coefficient (Wildman–Crippen LogP) is 3.91. The van der Waals surface area contributed by atoms with Gasteiger partial charge in [0.05, 0.1) is 5.69 Å². The number of aromatic amines is 1. The zero-order valence-electron chi connectivity index (χ0n) is 13.2. The van der Waals surface area contributed by atoms with E-state index in [-0.39, 0.29) is 5.91 Å². The average molecular weight is 316 g/mol. The van der Waals surface area contributed by atoms with E-state index < -0.39 is 0 Å². The van der Waals surface area contributed by atoms with Crippen molar-refractivity contribution in [1.29, 1.82) is 0 Å². The molecule has 0 unspecified atom stereocenters. The Morgan fingerprint density at radius 2 is 1.92 bits per heavy atom. The van der Waals surface area contributed by atoms with E-state index in [0.29, 0.717) is 11.5 Å². The van der Waals surface area contributed by atoms with Crippen LogP contribution in [0, 0.1) is 6.92 Å². The van der Waals surface area contributed by atoms with Crippen molar-refractivity contribution in [3.05, 3.63) is 78.1 Å². The van der Waals surface area contributed by atoms with Crippen LogP contribution in [0.5, 0.6) is 0 Å². The minimum atomic E-state index is -0.206. The largest absolute Gasteiger partial charge is 0.351 e. The first-order chi connectivity index (χ1) is 11.7. The number of benzene rings is 2. The lowest BCUT2D eigenvalue weighted by Crippen LogP contribution is -2.12. The summed E-state index contributed by atoms with van der Waals surface area (Å²) >= 11 is 0.